The first-order valence-corrected chi connectivity index (χ1v) is 6.36. The van der Waals surface area contributed by atoms with E-state index in [4.69, 9.17) is 5.84 Å². The van der Waals surface area contributed by atoms with Crippen molar-refractivity contribution in [3.8, 4) is 0 Å². The minimum Gasteiger partial charge on any atom is -0.393 e. The van der Waals surface area contributed by atoms with Crippen molar-refractivity contribution in [1.82, 2.24) is 9.97 Å². The molecule has 18 heavy (non-hydrogen) atoms. The molecule has 0 radical (unpaired) electrons. The molecule has 1 aliphatic rings. The van der Waals surface area contributed by atoms with Gasteiger partial charge in [-0.05, 0) is 18.8 Å². The largest absolute Gasteiger partial charge is 0.393 e. The first-order valence-electron chi connectivity index (χ1n) is 6.36. The van der Waals surface area contributed by atoms with Crippen LogP contribution in [0, 0.1) is 5.92 Å². The van der Waals surface area contributed by atoms with Crippen molar-refractivity contribution < 1.29 is 5.11 Å². The SMILES string of the molecule is CC(C)c1nc(NN)cc(NCC2CC(O)C2)n1. The monoisotopic (exact) mass is 251 g/mol. The lowest BCUT2D eigenvalue weighted by Gasteiger charge is -2.31. The van der Waals surface area contributed by atoms with Crippen LogP contribution in [-0.4, -0.2) is 27.7 Å². The van der Waals surface area contributed by atoms with Crippen molar-refractivity contribution in [2.75, 3.05) is 17.3 Å². The minimum absolute atomic E-state index is 0.116. The molecular formula is C12H21N5O. The number of hydrazine groups is 1. The van der Waals surface area contributed by atoms with E-state index in [2.05, 4.69) is 20.7 Å². The standard InChI is InChI=1S/C12H21N5O/c1-7(2)12-15-10(5-11(16-12)17-13)14-6-8-3-9(18)4-8/h5,7-9,18H,3-4,6,13H2,1-2H3,(H2,14,15,16,17). The summed E-state index contributed by atoms with van der Waals surface area (Å²) >= 11 is 0. The van der Waals surface area contributed by atoms with Gasteiger partial charge >= 0.3 is 0 Å². The number of aliphatic hydroxyl groups is 1. The molecule has 1 aliphatic carbocycles. The van der Waals surface area contributed by atoms with Gasteiger partial charge in [-0.15, -0.1) is 0 Å². The average Bonchev–Trinajstić information content (AvgIpc) is 2.32. The van der Waals surface area contributed by atoms with Crippen molar-refractivity contribution in [1.29, 1.82) is 0 Å². The third kappa shape index (κ3) is 3.08. The van der Waals surface area contributed by atoms with E-state index in [0.717, 1.165) is 31.0 Å². The molecule has 0 unspecified atom stereocenters. The van der Waals surface area contributed by atoms with E-state index in [-0.39, 0.29) is 12.0 Å². The zero-order valence-corrected chi connectivity index (χ0v) is 10.8. The molecule has 0 amide bonds. The second-order valence-corrected chi connectivity index (χ2v) is 5.17. The van der Waals surface area contributed by atoms with E-state index in [0.29, 0.717) is 11.7 Å². The molecule has 1 saturated carbocycles. The number of hydrogen-bond acceptors (Lipinski definition) is 6. The number of nitrogens with one attached hydrogen (secondary N) is 2. The predicted molar refractivity (Wildman–Crippen MR) is 71.2 cm³/mol. The molecule has 0 aromatic carbocycles. The van der Waals surface area contributed by atoms with E-state index < -0.39 is 0 Å². The second-order valence-electron chi connectivity index (χ2n) is 5.17. The summed E-state index contributed by atoms with van der Waals surface area (Å²) in [5.41, 5.74) is 2.55. The molecule has 0 spiro atoms. The maximum absolute atomic E-state index is 9.23. The molecule has 100 valence electrons. The summed E-state index contributed by atoms with van der Waals surface area (Å²) < 4.78 is 0. The van der Waals surface area contributed by atoms with Crippen molar-refractivity contribution in [2.24, 2.45) is 11.8 Å². The number of hydrogen-bond donors (Lipinski definition) is 4. The van der Waals surface area contributed by atoms with E-state index in [9.17, 15) is 5.11 Å². The first-order chi connectivity index (χ1) is 8.58. The van der Waals surface area contributed by atoms with Gasteiger partial charge in [0.1, 0.15) is 17.5 Å². The Morgan fingerprint density at radius 3 is 2.61 bits per heavy atom. The van der Waals surface area contributed by atoms with E-state index in [1.165, 1.54) is 0 Å². The summed E-state index contributed by atoms with van der Waals surface area (Å²) in [6.45, 7) is 4.92. The fraction of sp³-hybridized carbons (Fsp3) is 0.667. The van der Waals surface area contributed by atoms with Crippen LogP contribution in [0.1, 0.15) is 38.4 Å². The molecule has 1 aromatic rings. The smallest absolute Gasteiger partial charge is 0.145 e. The summed E-state index contributed by atoms with van der Waals surface area (Å²) in [5.74, 6) is 8.35. The Balaban J connectivity index is 2.00. The van der Waals surface area contributed by atoms with Crippen LogP contribution in [0.4, 0.5) is 11.6 Å². The van der Waals surface area contributed by atoms with Gasteiger partial charge in [0.15, 0.2) is 0 Å². The second kappa shape index (κ2) is 5.49. The van der Waals surface area contributed by atoms with Gasteiger partial charge in [0.2, 0.25) is 0 Å². The molecule has 0 atom stereocenters. The maximum atomic E-state index is 9.23. The van der Waals surface area contributed by atoms with Gasteiger partial charge in [-0.25, -0.2) is 15.8 Å². The number of nitrogens with two attached hydrogens (primary N) is 1. The zero-order chi connectivity index (χ0) is 13.1. The molecule has 2 rings (SSSR count). The molecule has 1 aromatic heterocycles. The van der Waals surface area contributed by atoms with Gasteiger partial charge in [0.25, 0.3) is 0 Å². The molecular weight excluding hydrogens is 230 g/mol. The molecule has 6 nitrogen and oxygen atoms in total. The predicted octanol–water partition coefficient (Wildman–Crippen LogP) is 1.07. The highest BCUT2D eigenvalue weighted by Gasteiger charge is 2.26. The van der Waals surface area contributed by atoms with Crippen LogP contribution in [0.5, 0.6) is 0 Å². The third-order valence-electron chi connectivity index (χ3n) is 3.19. The number of rotatable bonds is 5. The highest BCUT2D eigenvalue weighted by Crippen LogP contribution is 2.27. The van der Waals surface area contributed by atoms with Gasteiger partial charge in [-0.1, -0.05) is 13.8 Å². The Hall–Kier alpha value is -1.40. The maximum Gasteiger partial charge on any atom is 0.145 e. The molecule has 0 bridgehead atoms. The highest BCUT2D eigenvalue weighted by atomic mass is 16.3. The Morgan fingerprint density at radius 1 is 1.39 bits per heavy atom. The topological polar surface area (TPSA) is 96.1 Å². The highest BCUT2D eigenvalue weighted by molar-refractivity contribution is 5.47. The summed E-state index contributed by atoms with van der Waals surface area (Å²) in [4.78, 5) is 8.75. The van der Waals surface area contributed by atoms with Gasteiger partial charge in [-0.2, -0.15) is 0 Å². The number of nitrogen functional groups attached to an aromatic ring is 1. The molecule has 6 heteroatoms. The van der Waals surface area contributed by atoms with Crippen molar-refractivity contribution >= 4 is 11.6 Å². The van der Waals surface area contributed by atoms with Crippen LogP contribution in [0.15, 0.2) is 6.07 Å². The Bertz CT molecular complexity index is 403. The summed E-state index contributed by atoms with van der Waals surface area (Å²) in [6, 6.07) is 1.79. The number of anilines is 2. The van der Waals surface area contributed by atoms with Crippen LogP contribution in [-0.2, 0) is 0 Å². The quantitative estimate of drug-likeness (QED) is 0.462. The molecule has 5 N–H and O–H groups in total. The number of aromatic nitrogens is 2. The van der Waals surface area contributed by atoms with E-state index >= 15 is 0 Å². The van der Waals surface area contributed by atoms with Crippen LogP contribution in [0.25, 0.3) is 0 Å². The van der Waals surface area contributed by atoms with Crippen LogP contribution in [0.3, 0.4) is 0 Å². The van der Waals surface area contributed by atoms with Crippen LogP contribution >= 0.6 is 0 Å². The molecule has 0 saturated heterocycles. The Labute approximate surface area is 107 Å². The van der Waals surface area contributed by atoms with Gasteiger partial charge in [0, 0.05) is 18.5 Å². The summed E-state index contributed by atoms with van der Waals surface area (Å²) in [6.07, 6.45) is 1.63. The van der Waals surface area contributed by atoms with Crippen molar-refractivity contribution in [2.45, 2.75) is 38.7 Å². The number of aliphatic hydroxyl groups excluding tert-OH is 1. The molecule has 0 aliphatic heterocycles. The van der Waals surface area contributed by atoms with Gasteiger partial charge in [-0.3, -0.25) is 0 Å². The van der Waals surface area contributed by atoms with E-state index in [1.54, 1.807) is 6.07 Å². The lowest BCUT2D eigenvalue weighted by Crippen LogP contribution is -2.33. The number of nitrogens with zero attached hydrogens (tertiary/aromatic N) is 2. The average molecular weight is 251 g/mol. The fourth-order valence-electron chi connectivity index (χ4n) is 2.00. The first kappa shape index (κ1) is 13.0. The normalized spacial score (nSPS) is 22.7. The fourth-order valence-corrected chi connectivity index (χ4v) is 2.00. The lowest BCUT2D eigenvalue weighted by atomic mass is 9.82. The summed E-state index contributed by atoms with van der Waals surface area (Å²) in [7, 11) is 0. The van der Waals surface area contributed by atoms with Gasteiger partial charge < -0.3 is 15.8 Å². The van der Waals surface area contributed by atoms with Crippen molar-refractivity contribution in [3.63, 3.8) is 0 Å². The van der Waals surface area contributed by atoms with E-state index in [1.807, 2.05) is 13.8 Å². The lowest BCUT2D eigenvalue weighted by molar-refractivity contribution is 0.0486. The molecule has 1 heterocycles. The van der Waals surface area contributed by atoms with Gasteiger partial charge in [0.05, 0.1) is 6.10 Å². The molecule has 1 fully saturated rings. The van der Waals surface area contributed by atoms with Crippen LogP contribution < -0.4 is 16.6 Å². The van der Waals surface area contributed by atoms with Crippen molar-refractivity contribution in [3.05, 3.63) is 11.9 Å². The zero-order valence-electron chi connectivity index (χ0n) is 10.8. The Morgan fingerprint density at radius 2 is 2.06 bits per heavy atom. The minimum atomic E-state index is -0.116. The summed E-state index contributed by atoms with van der Waals surface area (Å²) in [5, 5.41) is 12.5. The Kier molecular flexibility index (Phi) is 3.98. The van der Waals surface area contributed by atoms with Crippen LogP contribution in [0.2, 0.25) is 0 Å². The third-order valence-corrected chi connectivity index (χ3v) is 3.19.